The van der Waals surface area contributed by atoms with Crippen LogP contribution in [0.25, 0.3) is 17.0 Å². The van der Waals surface area contributed by atoms with Crippen LogP contribution in [-0.2, 0) is 24.2 Å². The first-order chi connectivity index (χ1) is 17.6. The van der Waals surface area contributed by atoms with Gasteiger partial charge in [0.15, 0.2) is 0 Å². The van der Waals surface area contributed by atoms with E-state index in [0.29, 0.717) is 6.04 Å². The molecular formula is C28H31N5O3. The molecule has 0 spiro atoms. The summed E-state index contributed by atoms with van der Waals surface area (Å²) in [7, 11) is 1.69. The number of hydrogen-bond acceptors (Lipinski definition) is 5. The monoisotopic (exact) mass is 485 g/mol. The van der Waals surface area contributed by atoms with Gasteiger partial charge in [-0.05, 0) is 66.6 Å². The van der Waals surface area contributed by atoms with Crippen LogP contribution in [0.2, 0.25) is 0 Å². The number of methoxy groups -OCH3 is 1. The van der Waals surface area contributed by atoms with E-state index < -0.39 is 5.91 Å². The molecule has 2 aromatic heterocycles. The van der Waals surface area contributed by atoms with Crippen LogP contribution in [0.15, 0.2) is 54.9 Å². The van der Waals surface area contributed by atoms with E-state index in [-0.39, 0.29) is 0 Å². The number of nitrogens with one attached hydrogen (secondary N) is 3. The van der Waals surface area contributed by atoms with Crippen LogP contribution in [0.4, 0.5) is 0 Å². The van der Waals surface area contributed by atoms with Crippen molar-refractivity contribution in [2.24, 2.45) is 0 Å². The molecule has 4 N–H and O–H groups in total. The van der Waals surface area contributed by atoms with Crippen molar-refractivity contribution in [3.8, 4) is 5.75 Å². The number of hydroxylamine groups is 1. The number of ether oxygens (including phenoxy) is 1. The van der Waals surface area contributed by atoms with Gasteiger partial charge in [-0.25, -0.2) is 5.48 Å². The summed E-state index contributed by atoms with van der Waals surface area (Å²) < 4.78 is 5.37. The molecule has 2 aromatic carbocycles. The molecule has 186 valence electrons. The minimum atomic E-state index is -0.536. The van der Waals surface area contributed by atoms with Gasteiger partial charge in [0.1, 0.15) is 5.75 Å². The lowest BCUT2D eigenvalue weighted by Crippen LogP contribution is -2.29. The van der Waals surface area contributed by atoms with Gasteiger partial charge in [0, 0.05) is 60.1 Å². The summed E-state index contributed by atoms with van der Waals surface area (Å²) in [6.07, 6.45) is 10.1. The highest BCUT2D eigenvalue weighted by atomic mass is 16.5. The number of benzene rings is 2. The zero-order valence-corrected chi connectivity index (χ0v) is 20.5. The Labute approximate surface area is 209 Å². The summed E-state index contributed by atoms with van der Waals surface area (Å²) in [5.74, 6) is 0.312. The Kier molecular flexibility index (Phi) is 6.88. The Morgan fingerprint density at radius 1 is 1.25 bits per heavy atom. The predicted molar refractivity (Wildman–Crippen MR) is 139 cm³/mol. The van der Waals surface area contributed by atoms with Gasteiger partial charge in [0.05, 0.1) is 12.8 Å². The predicted octanol–water partition coefficient (Wildman–Crippen LogP) is 4.46. The van der Waals surface area contributed by atoms with Crippen LogP contribution in [0, 0.1) is 6.92 Å². The zero-order chi connectivity index (χ0) is 25.1. The first-order valence-corrected chi connectivity index (χ1v) is 12.2. The van der Waals surface area contributed by atoms with Crippen LogP contribution < -0.4 is 10.2 Å². The molecule has 0 aliphatic heterocycles. The molecule has 0 saturated carbocycles. The number of aromatic amines is 2. The molecule has 1 atom stereocenters. The molecule has 2 heterocycles. The second-order valence-corrected chi connectivity index (χ2v) is 9.26. The maximum absolute atomic E-state index is 11.4. The molecule has 8 heteroatoms. The SMILES string of the molecule is COc1ccc2c(CCN(Cc3c[nH]nc3C)C3CCc4cc(C=CC(=O)NO)ccc43)c[nH]c2c1. The van der Waals surface area contributed by atoms with E-state index in [9.17, 15) is 4.79 Å². The van der Waals surface area contributed by atoms with Crippen molar-refractivity contribution in [2.75, 3.05) is 13.7 Å². The second kappa shape index (κ2) is 10.4. The Morgan fingerprint density at radius 2 is 2.14 bits per heavy atom. The van der Waals surface area contributed by atoms with E-state index in [2.05, 4.69) is 44.5 Å². The maximum atomic E-state index is 11.4. The maximum Gasteiger partial charge on any atom is 0.267 e. The van der Waals surface area contributed by atoms with Gasteiger partial charge in [-0.3, -0.25) is 20.0 Å². The van der Waals surface area contributed by atoms with Crippen LogP contribution >= 0.6 is 0 Å². The highest BCUT2D eigenvalue weighted by Crippen LogP contribution is 2.38. The molecule has 36 heavy (non-hydrogen) atoms. The van der Waals surface area contributed by atoms with Crippen molar-refractivity contribution in [3.05, 3.63) is 88.4 Å². The zero-order valence-electron chi connectivity index (χ0n) is 20.5. The quantitative estimate of drug-likeness (QED) is 0.159. The first-order valence-electron chi connectivity index (χ1n) is 12.2. The Balaban J connectivity index is 1.39. The van der Waals surface area contributed by atoms with E-state index >= 15 is 0 Å². The van der Waals surface area contributed by atoms with E-state index in [4.69, 9.17) is 9.94 Å². The molecule has 1 unspecified atom stereocenters. The van der Waals surface area contributed by atoms with Crippen LogP contribution in [0.5, 0.6) is 5.75 Å². The van der Waals surface area contributed by atoms with Crippen molar-refractivity contribution in [1.82, 2.24) is 25.6 Å². The number of aromatic nitrogens is 3. The number of amides is 1. The molecular weight excluding hydrogens is 454 g/mol. The molecule has 1 aliphatic rings. The highest BCUT2D eigenvalue weighted by molar-refractivity contribution is 5.90. The number of fused-ring (bicyclic) bond motifs is 2. The molecule has 0 radical (unpaired) electrons. The molecule has 0 bridgehead atoms. The number of H-pyrrole nitrogens is 2. The fourth-order valence-corrected chi connectivity index (χ4v) is 5.18. The summed E-state index contributed by atoms with van der Waals surface area (Å²) in [5, 5.41) is 17.3. The lowest BCUT2D eigenvalue weighted by atomic mass is 10.0. The summed E-state index contributed by atoms with van der Waals surface area (Å²) >= 11 is 0. The van der Waals surface area contributed by atoms with Gasteiger partial charge in [-0.1, -0.05) is 18.2 Å². The number of carbonyl (C=O) groups is 1. The van der Waals surface area contributed by atoms with Gasteiger partial charge in [0.25, 0.3) is 5.91 Å². The summed E-state index contributed by atoms with van der Waals surface area (Å²) in [6.45, 7) is 3.77. The van der Waals surface area contributed by atoms with Crippen LogP contribution in [0.3, 0.4) is 0 Å². The van der Waals surface area contributed by atoms with E-state index in [1.165, 1.54) is 33.7 Å². The molecule has 4 aromatic rings. The number of carbonyl (C=O) groups excluding carboxylic acids is 1. The van der Waals surface area contributed by atoms with Crippen LogP contribution in [0.1, 0.15) is 46.0 Å². The fourth-order valence-electron chi connectivity index (χ4n) is 5.18. The number of hydrogen-bond donors (Lipinski definition) is 4. The second-order valence-electron chi connectivity index (χ2n) is 9.26. The minimum Gasteiger partial charge on any atom is -0.497 e. The molecule has 1 aliphatic carbocycles. The molecule has 0 fully saturated rings. The van der Waals surface area contributed by atoms with E-state index in [1.807, 2.05) is 31.3 Å². The number of aryl methyl sites for hydroxylation is 2. The lowest BCUT2D eigenvalue weighted by Gasteiger charge is -2.29. The van der Waals surface area contributed by atoms with Gasteiger partial charge >= 0.3 is 0 Å². The molecule has 5 rings (SSSR count). The van der Waals surface area contributed by atoms with Gasteiger partial charge in [-0.15, -0.1) is 0 Å². The van der Waals surface area contributed by atoms with Crippen molar-refractivity contribution in [2.45, 2.75) is 38.8 Å². The Morgan fingerprint density at radius 3 is 2.92 bits per heavy atom. The third-order valence-corrected chi connectivity index (χ3v) is 7.14. The molecule has 0 saturated heterocycles. The van der Waals surface area contributed by atoms with Crippen LogP contribution in [-0.4, -0.2) is 44.9 Å². The Bertz CT molecular complexity index is 1400. The summed E-state index contributed by atoms with van der Waals surface area (Å²) in [5.41, 5.74) is 9.84. The largest absolute Gasteiger partial charge is 0.497 e. The van der Waals surface area contributed by atoms with E-state index in [0.717, 1.165) is 54.9 Å². The van der Waals surface area contributed by atoms with Gasteiger partial charge in [0.2, 0.25) is 0 Å². The minimum absolute atomic E-state index is 0.304. The fraction of sp³-hybridized carbons (Fsp3) is 0.286. The number of nitrogens with zero attached hydrogens (tertiary/aromatic N) is 2. The third-order valence-electron chi connectivity index (χ3n) is 7.14. The average Bonchev–Trinajstić information content (AvgIpc) is 3.62. The Hall–Kier alpha value is -3.88. The third kappa shape index (κ3) is 4.91. The highest BCUT2D eigenvalue weighted by Gasteiger charge is 2.28. The standard InChI is InChI=1S/C28H31N5O3/c1-18-22(16-30-31-18)17-33(12-11-21-15-29-26-14-23(36-2)6-8-24(21)26)27-9-5-20-13-19(3-7-25(20)27)4-10-28(34)32-35/h3-4,6-8,10,13-16,27,29,35H,5,9,11-12,17H2,1-2H3,(H,30,31)(H,32,34). The smallest absolute Gasteiger partial charge is 0.267 e. The molecule has 8 nitrogen and oxygen atoms in total. The number of rotatable bonds is 9. The van der Waals surface area contributed by atoms with Gasteiger partial charge in [-0.2, -0.15) is 5.10 Å². The average molecular weight is 486 g/mol. The summed E-state index contributed by atoms with van der Waals surface area (Å²) in [6, 6.07) is 12.8. The van der Waals surface area contributed by atoms with Crippen molar-refractivity contribution >= 4 is 22.9 Å². The molecule has 1 amide bonds. The normalized spacial score (nSPS) is 15.2. The topological polar surface area (TPSA) is 106 Å². The van der Waals surface area contributed by atoms with Crippen molar-refractivity contribution in [1.29, 1.82) is 0 Å². The first kappa shape index (κ1) is 23.8. The summed E-state index contributed by atoms with van der Waals surface area (Å²) in [4.78, 5) is 17.3. The van der Waals surface area contributed by atoms with E-state index in [1.54, 1.807) is 18.7 Å². The lowest BCUT2D eigenvalue weighted by molar-refractivity contribution is -0.124. The van der Waals surface area contributed by atoms with Crippen molar-refractivity contribution < 1.29 is 14.7 Å². The van der Waals surface area contributed by atoms with Gasteiger partial charge < -0.3 is 9.72 Å². The van der Waals surface area contributed by atoms with Crippen molar-refractivity contribution in [3.63, 3.8) is 0 Å².